The molecule has 0 spiro atoms. The summed E-state index contributed by atoms with van der Waals surface area (Å²) in [6, 6.07) is -0.548. The highest BCUT2D eigenvalue weighted by molar-refractivity contribution is 6.48. The van der Waals surface area contributed by atoms with E-state index in [-0.39, 0.29) is 26.8 Å². The van der Waals surface area contributed by atoms with Crippen molar-refractivity contribution in [1.29, 1.82) is 0 Å². The predicted octanol–water partition coefficient (Wildman–Crippen LogP) is 2.97. The quantitative estimate of drug-likeness (QED) is 0.765. The Morgan fingerprint density at radius 2 is 1.83 bits per heavy atom. The first-order valence-corrected chi connectivity index (χ1v) is 8.29. The second kappa shape index (κ2) is 8.50. The van der Waals surface area contributed by atoms with Crippen molar-refractivity contribution in [2.24, 2.45) is 0 Å². The lowest BCUT2D eigenvalue weighted by Gasteiger charge is -2.12. The number of hydrogen-bond donors (Lipinski definition) is 2. The lowest BCUT2D eigenvalue weighted by atomic mass is 10.2. The molecule has 3 amide bonds. The summed E-state index contributed by atoms with van der Waals surface area (Å²) in [5, 5.41) is 4.63. The van der Waals surface area contributed by atoms with Crippen LogP contribution in [0, 0.1) is 0 Å². The fraction of sp³-hybridized carbons (Fsp3) is 0.429. The summed E-state index contributed by atoms with van der Waals surface area (Å²) in [6.45, 7) is -0.658. The minimum atomic E-state index is -0.954. The molecule has 0 unspecified atom stereocenters. The molecule has 1 fully saturated rings. The van der Waals surface area contributed by atoms with Gasteiger partial charge in [-0.2, -0.15) is 0 Å². The highest BCUT2D eigenvalue weighted by Crippen LogP contribution is 2.31. The number of amides is 3. The maximum Gasteiger partial charge on any atom is 0.359 e. The van der Waals surface area contributed by atoms with Gasteiger partial charge >= 0.3 is 12.0 Å². The van der Waals surface area contributed by atoms with Gasteiger partial charge in [-0.05, 0) is 12.8 Å². The summed E-state index contributed by atoms with van der Waals surface area (Å²) >= 11 is 17.3. The zero-order valence-corrected chi connectivity index (χ0v) is 14.7. The fourth-order valence-corrected chi connectivity index (χ4v) is 2.80. The smallest absolute Gasteiger partial charge is 0.359 e. The Kier molecular flexibility index (Phi) is 6.65. The van der Waals surface area contributed by atoms with E-state index in [1.807, 2.05) is 0 Å². The maximum absolute atomic E-state index is 11.8. The fourth-order valence-electron chi connectivity index (χ4n) is 2.24. The highest BCUT2D eigenvalue weighted by Gasteiger charge is 2.21. The molecule has 0 radical (unpaired) electrons. The second-order valence-corrected chi connectivity index (χ2v) is 6.32. The van der Waals surface area contributed by atoms with Crippen LogP contribution in [0.25, 0.3) is 0 Å². The summed E-state index contributed by atoms with van der Waals surface area (Å²) in [7, 11) is 0. The number of aromatic nitrogens is 1. The monoisotopic (exact) mass is 393 g/mol. The molecule has 1 aliphatic rings. The third-order valence-corrected chi connectivity index (χ3v) is 4.63. The van der Waals surface area contributed by atoms with Gasteiger partial charge in [0.2, 0.25) is 0 Å². The molecule has 0 aliphatic heterocycles. The Hall–Kier alpha value is -1.57. The van der Waals surface area contributed by atoms with Crippen molar-refractivity contribution in [3.63, 3.8) is 0 Å². The average Bonchev–Trinajstić information content (AvgIpc) is 3.03. The molecule has 7 nitrogen and oxygen atoms in total. The summed E-state index contributed by atoms with van der Waals surface area (Å²) in [5.74, 6) is -1.72. The molecule has 24 heavy (non-hydrogen) atoms. The van der Waals surface area contributed by atoms with Gasteiger partial charge in [0.25, 0.3) is 5.91 Å². The van der Waals surface area contributed by atoms with Crippen LogP contribution in [0.3, 0.4) is 0 Å². The molecule has 1 aliphatic carbocycles. The van der Waals surface area contributed by atoms with Gasteiger partial charge in [0.05, 0.1) is 15.1 Å². The number of imide groups is 1. The molecule has 1 aromatic heterocycles. The third-order valence-electron chi connectivity index (χ3n) is 3.39. The number of ether oxygens (including phenoxy) is 1. The minimum Gasteiger partial charge on any atom is -0.451 e. The Morgan fingerprint density at radius 1 is 1.17 bits per heavy atom. The zero-order chi connectivity index (χ0) is 17.7. The van der Waals surface area contributed by atoms with Crippen molar-refractivity contribution in [2.45, 2.75) is 31.7 Å². The van der Waals surface area contributed by atoms with E-state index in [9.17, 15) is 14.4 Å². The summed E-state index contributed by atoms with van der Waals surface area (Å²) in [5.41, 5.74) is -0.269. The lowest BCUT2D eigenvalue weighted by Crippen LogP contribution is -2.45. The van der Waals surface area contributed by atoms with Crippen molar-refractivity contribution >= 4 is 52.7 Å². The van der Waals surface area contributed by atoms with Gasteiger partial charge in [0.15, 0.2) is 12.3 Å². The molecule has 1 aromatic rings. The number of rotatable bonds is 4. The van der Waals surface area contributed by atoms with Gasteiger partial charge in [-0.1, -0.05) is 47.6 Å². The van der Waals surface area contributed by atoms with Gasteiger partial charge in [-0.3, -0.25) is 10.1 Å². The number of carbonyl (C=O) groups excluding carboxylic acids is 3. The topological polar surface area (TPSA) is 97.4 Å². The SMILES string of the molecule is O=C(COC(=O)c1ncc(Cl)c(Cl)c1Cl)NC(=O)NC1CCCC1. The predicted molar refractivity (Wildman–Crippen MR) is 88.5 cm³/mol. The minimum absolute atomic E-state index is 0.0410. The Labute approximate surface area is 153 Å². The number of nitrogens with zero attached hydrogens (tertiary/aromatic N) is 1. The van der Waals surface area contributed by atoms with E-state index in [4.69, 9.17) is 39.5 Å². The normalized spacial score (nSPS) is 14.3. The summed E-state index contributed by atoms with van der Waals surface area (Å²) < 4.78 is 4.76. The van der Waals surface area contributed by atoms with E-state index in [0.717, 1.165) is 31.9 Å². The van der Waals surface area contributed by atoms with Gasteiger partial charge < -0.3 is 10.1 Å². The number of urea groups is 1. The third kappa shape index (κ3) is 4.96. The Morgan fingerprint density at radius 3 is 2.50 bits per heavy atom. The average molecular weight is 395 g/mol. The number of esters is 1. The molecule has 2 rings (SSSR count). The lowest BCUT2D eigenvalue weighted by molar-refractivity contribution is -0.123. The number of pyridine rings is 1. The van der Waals surface area contributed by atoms with E-state index < -0.39 is 24.5 Å². The molecule has 0 saturated heterocycles. The molecule has 10 heteroatoms. The maximum atomic E-state index is 11.8. The molecular weight excluding hydrogens is 381 g/mol. The van der Waals surface area contributed by atoms with Crippen molar-refractivity contribution in [3.05, 3.63) is 27.0 Å². The number of hydrogen-bond acceptors (Lipinski definition) is 5. The molecule has 1 saturated carbocycles. The van der Waals surface area contributed by atoms with Crippen molar-refractivity contribution < 1.29 is 19.1 Å². The van der Waals surface area contributed by atoms with Crippen LogP contribution in [0.4, 0.5) is 4.79 Å². The first kappa shape index (κ1) is 18.8. The van der Waals surface area contributed by atoms with Crippen LogP contribution in [0.15, 0.2) is 6.20 Å². The van der Waals surface area contributed by atoms with E-state index in [0.29, 0.717) is 0 Å². The van der Waals surface area contributed by atoms with Crippen molar-refractivity contribution in [3.8, 4) is 0 Å². The Balaban J connectivity index is 1.81. The van der Waals surface area contributed by atoms with Crippen LogP contribution in [-0.4, -0.2) is 35.5 Å². The van der Waals surface area contributed by atoms with Gasteiger partial charge in [0, 0.05) is 12.2 Å². The van der Waals surface area contributed by atoms with Gasteiger partial charge in [-0.25, -0.2) is 14.6 Å². The van der Waals surface area contributed by atoms with Crippen molar-refractivity contribution in [2.75, 3.05) is 6.61 Å². The first-order chi connectivity index (χ1) is 11.4. The molecule has 0 atom stereocenters. The van der Waals surface area contributed by atoms with Crippen LogP contribution in [0.5, 0.6) is 0 Å². The molecule has 1 heterocycles. The van der Waals surface area contributed by atoms with Gasteiger partial charge in [-0.15, -0.1) is 0 Å². The molecule has 130 valence electrons. The van der Waals surface area contributed by atoms with Crippen LogP contribution < -0.4 is 10.6 Å². The molecule has 0 aromatic carbocycles. The Bertz CT molecular complexity index is 663. The van der Waals surface area contributed by atoms with E-state index in [1.54, 1.807) is 0 Å². The van der Waals surface area contributed by atoms with E-state index >= 15 is 0 Å². The molecular formula is C14H14Cl3N3O4. The second-order valence-electron chi connectivity index (χ2n) is 5.16. The zero-order valence-electron chi connectivity index (χ0n) is 12.4. The van der Waals surface area contributed by atoms with Gasteiger partial charge in [0.1, 0.15) is 0 Å². The number of nitrogens with one attached hydrogen (secondary N) is 2. The van der Waals surface area contributed by atoms with Crippen LogP contribution >= 0.6 is 34.8 Å². The number of halogens is 3. The number of carbonyl (C=O) groups is 3. The standard InChI is InChI=1S/C14H14Cl3N3O4/c15-8-5-18-12(11(17)10(8)16)13(22)24-6-9(21)20-14(23)19-7-3-1-2-4-7/h5,7H,1-4,6H2,(H2,19,20,21,23). The van der Waals surface area contributed by atoms with Crippen LogP contribution in [0.2, 0.25) is 15.1 Å². The summed E-state index contributed by atoms with van der Waals surface area (Å²) in [4.78, 5) is 38.8. The van der Waals surface area contributed by atoms with E-state index in [1.165, 1.54) is 0 Å². The van der Waals surface area contributed by atoms with Crippen LogP contribution in [0.1, 0.15) is 36.2 Å². The molecule has 2 N–H and O–H groups in total. The van der Waals surface area contributed by atoms with Crippen molar-refractivity contribution in [1.82, 2.24) is 15.6 Å². The first-order valence-electron chi connectivity index (χ1n) is 7.15. The largest absolute Gasteiger partial charge is 0.451 e. The summed E-state index contributed by atoms with van der Waals surface area (Å²) in [6.07, 6.45) is 5.01. The highest BCUT2D eigenvalue weighted by atomic mass is 35.5. The van der Waals surface area contributed by atoms with Crippen LogP contribution in [-0.2, 0) is 9.53 Å². The molecule has 0 bridgehead atoms. The van der Waals surface area contributed by atoms with E-state index in [2.05, 4.69) is 15.6 Å².